The minimum absolute atomic E-state index is 0.0289. The third kappa shape index (κ3) is 7.01. The van der Waals surface area contributed by atoms with Crippen molar-refractivity contribution >= 4 is 34.9 Å². The molecule has 4 aromatic carbocycles. The van der Waals surface area contributed by atoms with Gasteiger partial charge < -0.3 is 15.5 Å². The summed E-state index contributed by atoms with van der Waals surface area (Å²) >= 11 is 0. The normalized spacial score (nSPS) is 13.0. The van der Waals surface area contributed by atoms with Gasteiger partial charge >= 0.3 is 0 Å². The Labute approximate surface area is 255 Å². The summed E-state index contributed by atoms with van der Waals surface area (Å²) in [4.78, 5) is 50.3. The summed E-state index contributed by atoms with van der Waals surface area (Å²) < 4.78 is 14.5. The first-order chi connectivity index (χ1) is 21.4. The van der Waals surface area contributed by atoms with Crippen LogP contribution in [0, 0.1) is 5.82 Å². The van der Waals surface area contributed by atoms with Crippen LogP contribution < -0.4 is 16.0 Å². The van der Waals surface area contributed by atoms with E-state index in [1.165, 1.54) is 11.0 Å². The van der Waals surface area contributed by atoms with Gasteiger partial charge in [0.1, 0.15) is 11.9 Å². The van der Waals surface area contributed by atoms with Gasteiger partial charge in [-0.15, -0.1) is 0 Å². The zero-order chi connectivity index (χ0) is 31.1. The molecule has 0 radical (unpaired) electrons. The SMILES string of the molecule is CCCC(C(=O)NC=O)N1Cc2cc(CNCc3ccc(CNC(=O)Cc4c(F)ccc5ccccc45)cc3)ccc2C1=O. The van der Waals surface area contributed by atoms with Gasteiger partial charge in [0, 0.05) is 37.3 Å². The molecule has 9 heteroatoms. The highest BCUT2D eigenvalue weighted by atomic mass is 19.1. The predicted octanol–water partition coefficient (Wildman–Crippen LogP) is 4.52. The first kappa shape index (κ1) is 30.6. The summed E-state index contributed by atoms with van der Waals surface area (Å²) in [7, 11) is 0. The summed E-state index contributed by atoms with van der Waals surface area (Å²) in [5.74, 6) is -1.28. The molecular formula is C35H35FN4O4. The van der Waals surface area contributed by atoms with Crippen molar-refractivity contribution in [1.82, 2.24) is 20.9 Å². The van der Waals surface area contributed by atoms with Crippen molar-refractivity contribution in [2.75, 3.05) is 0 Å². The highest BCUT2D eigenvalue weighted by Crippen LogP contribution is 2.27. The number of amides is 4. The van der Waals surface area contributed by atoms with Gasteiger partial charge in [0.15, 0.2) is 0 Å². The van der Waals surface area contributed by atoms with Crippen molar-refractivity contribution in [3.05, 3.63) is 118 Å². The Kier molecular flexibility index (Phi) is 9.76. The molecule has 1 atom stereocenters. The summed E-state index contributed by atoms with van der Waals surface area (Å²) in [5, 5.41) is 10.1. The number of rotatable bonds is 13. The van der Waals surface area contributed by atoms with Crippen molar-refractivity contribution in [3.8, 4) is 0 Å². The van der Waals surface area contributed by atoms with E-state index >= 15 is 0 Å². The van der Waals surface area contributed by atoms with Crippen LogP contribution in [0.15, 0.2) is 78.9 Å². The maximum Gasteiger partial charge on any atom is 0.255 e. The second-order valence-corrected chi connectivity index (χ2v) is 11.0. The van der Waals surface area contributed by atoms with E-state index in [-0.39, 0.29) is 24.1 Å². The van der Waals surface area contributed by atoms with E-state index < -0.39 is 11.9 Å². The Morgan fingerprint density at radius 1 is 0.932 bits per heavy atom. The molecule has 226 valence electrons. The van der Waals surface area contributed by atoms with E-state index in [4.69, 9.17) is 0 Å². The smallest absolute Gasteiger partial charge is 0.255 e. The van der Waals surface area contributed by atoms with E-state index in [1.807, 2.05) is 67.6 Å². The van der Waals surface area contributed by atoms with E-state index in [0.29, 0.717) is 56.6 Å². The summed E-state index contributed by atoms with van der Waals surface area (Å²) in [6.07, 6.45) is 1.50. The van der Waals surface area contributed by atoms with Crippen LogP contribution in [0.5, 0.6) is 0 Å². The molecule has 1 aliphatic rings. The number of imide groups is 1. The maximum atomic E-state index is 14.5. The molecule has 1 aliphatic heterocycles. The lowest BCUT2D eigenvalue weighted by atomic mass is 10.0. The van der Waals surface area contributed by atoms with E-state index in [0.717, 1.165) is 33.0 Å². The summed E-state index contributed by atoms with van der Waals surface area (Å²) in [5.41, 5.74) is 4.88. The molecule has 0 fully saturated rings. The van der Waals surface area contributed by atoms with Crippen molar-refractivity contribution in [2.24, 2.45) is 0 Å². The lowest BCUT2D eigenvalue weighted by Crippen LogP contribution is -2.46. The fraction of sp³-hybridized carbons (Fsp3) is 0.257. The maximum absolute atomic E-state index is 14.5. The molecule has 8 nitrogen and oxygen atoms in total. The molecule has 1 heterocycles. The van der Waals surface area contributed by atoms with E-state index in [9.17, 15) is 23.6 Å². The molecular weight excluding hydrogens is 559 g/mol. The van der Waals surface area contributed by atoms with Gasteiger partial charge in [-0.1, -0.05) is 80.1 Å². The van der Waals surface area contributed by atoms with Crippen LogP contribution in [0.25, 0.3) is 10.8 Å². The molecule has 0 spiro atoms. The van der Waals surface area contributed by atoms with Gasteiger partial charge in [-0.25, -0.2) is 4.39 Å². The monoisotopic (exact) mass is 594 g/mol. The third-order valence-corrected chi connectivity index (χ3v) is 7.94. The number of halogens is 1. The van der Waals surface area contributed by atoms with Crippen molar-refractivity contribution < 1.29 is 23.6 Å². The van der Waals surface area contributed by atoms with Crippen LogP contribution in [-0.4, -0.2) is 35.1 Å². The van der Waals surface area contributed by atoms with Gasteiger partial charge in [0.25, 0.3) is 5.91 Å². The molecule has 4 aromatic rings. The van der Waals surface area contributed by atoms with Crippen LogP contribution in [0.4, 0.5) is 4.39 Å². The molecule has 0 bridgehead atoms. The number of carbonyl (C=O) groups is 4. The Morgan fingerprint density at radius 3 is 2.39 bits per heavy atom. The standard InChI is InChI=1S/C35H35FN4O4/c1-2-5-32(34(43)39-22-41)40-21-27-16-25(12-14-29(27)35(40)44)19-37-18-23-8-10-24(11-9-23)20-38-33(42)17-30-28-7-4-3-6-26(28)13-15-31(30)36/h3-4,6-16,22,32,37H,2,5,17-21H2,1H3,(H,38,42)(H,39,41,43). The Balaban J connectivity index is 1.10. The van der Waals surface area contributed by atoms with Gasteiger partial charge in [0.05, 0.1) is 6.42 Å². The zero-order valence-corrected chi connectivity index (χ0v) is 24.6. The molecule has 0 aliphatic carbocycles. The molecule has 3 N–H and O–H groups in total. The fourth-order valence-electron chi connectivity index (χ4n) is 5.65. The van der Waals surface area contributed by atoms with Crippen LogP contribution >= 0.6 is 0 Å². The quantitative estimate of drug-likeness (QED) is 0.197. The van der Waals surface area contributed by atoms with Crippen molar-refractivity contribution in [2.45, 2.75) is 58.4 Å². The van der Waals surface area contributed by atoms with Crippen LogP contribution in [0.2, 0.25) is 0 Å². The molecule has 0 aromatic heterocycles. The Hall–Kier alpha value is -4.89. The predicted molar refractivity (Wildman–Crippen MR) is 166 cm³/mol. The number of hydrogen-bond acceptors (Lipinski definition) is 5. The van der Waals surface area contributed by atoms with Crippen molar-refractivity contribution in [1.29, 1.82) is 0 Å². The number of benzene rings is 4. The van der Waals surface area contributed by atoms with Crippen molar-refractivity contribution in [3.63, 3.8) is 0 Å². The number of nitrogens with zero attached hydrogens (tertiary/aromatic N) is 1. The van der Waals surface area contributed by atoms with Gasteiger partial charge in [-0.2, -0.15) is 0 Å². The van der Waals surface area contributed by atoms with Gasteiger partial charge in [-0.3, -0.25) is 24.5 Å². The average molecular weight is 595 g/mol. The number of nitrogens with one attached hydrogen (secondary N) is 3. The van der Waals surface area contributed by atoms with Crippen LogP contribution in [0.3, 0.4) is 0 Å². The fourth-order valence-corrected chi connectivity index (χ4v) is 5.65. The minimum atomic E-state index is -0.685. The first-order valence-corrected chi connectivity index (χ1v) is 14.8. The lowest BCUT2D eigenvalue weighted by Gasteiger charge is -2.25. The third-order valence-electron chi connectivity index (χ3n) is 7.94. The Bertz CT molecular complexity index is 1690. The van der Waals surface area contributed by atoms with Crippen LogP contribution in [0.1, 0.15) is 57.9 Å². The number of fused-ring (bicyclic) bond motifs is 2. The molecule has 44 heavy (non-hydrogen) atoms. The highest BCUT2D eigenvalue weighted by Gasteiger charge is 2.35. The molecule has 0 saturated carbocycles. The van der Waals surface area contributed by atoms with Gasteiger partial charge in [0.2, 0.25) is 18.2 Å². The van der Waals surface area contributed by atoms with Crippen LogP contribution in [-0.2, 0) is 47.0 Å². The van der Waals surface area contributed by atoms with E-state index in [2.05, 4.69) is 16.0 Å². The topological polar surface area (TPSA) is 108 Å². The summed E-state index contributed by atoms with van der Waals surface area (Å²) in [6, 6.07) is 23.5. The molecule has 0 saturated heterocycles. The molecule has 1 unspecified atom stereocenters. The average Bonchev–Trinajstić information content (AvgIpc) is 3.35. The highest BCUT2D eigenvalue weighted by molar-refractivity contribution is 6.02. The second kappa shape index (κ2) is 14.1. The second-order valence-electron chi connectivity index (χ2n) is 11.0. The minimum Gasteiger partial charge on any atom is -0.352 e. The first-order valence-electron chi connectivity index (χ1n) is 14.8. The largest absolute Gasteiger partial charge is 0.352 e. The van der Waals surface area contributed by atoms with Gasteiger partial charge in [-0.05, 0) is 51.6 Å². The zero-order valence-electron chi connectivity index (χ0n) is 24.6. The number of hydrogen-bond donors (Lipinski definition) is 3. The number of carbonyl (C=O) groups excluding carboxylic acids is 4. The Morgan fingerprint density at radius 2 is 1.64 bits per heavy atom. The van der Waals surface area contributed by atoms with E-state index in [1.54, 1.807) is 12.1 Å². The molecule has 5 rings (SSSR count). The molecule has 4 amide bonds. The summed E-state index contributed by atoms with van der Waals surface area (Å²) in [6.45, 7) is 3.82. The lowest BCUT2D eigenvalue weighted by molar-refractivity contribution is -0.129.